The van der Waals surface area contributed by atoms with Gasteiger partial charge in [-0.1, -0.05) is 48.0 Å². The summed E-state index contributed by atoms with van der Waals surface area (Å²) in [4.78, 5) is 11.2. The van der Waals surface area contributed by atoms with Gasteiger partial charge in [-0.15, -0.1) is 11.3 Å². The molecule has 0 radical (unpaired) electrons. The highest BCUT2D eigenvalue weighted by molar-refractivity contribution is 7.10. The third kappa shape index (κ3) is 4.41. The van der Waals surface area contributed by atoms with E-state index in [0.29, 0.717) is 28.9 Å². The number of benzene rings is 3. The molecule has 3 heterocycles. The van der Waals surface area contributed by atoms with Gasteiger partial charge in [0.2, 0.25) is 5.95 Å². The maximum Gasteiger partial charge on any atom is 0.247 e. The number of rotatable bonds is 6. The number of anilines is 1. The van der Waals surface area contributed by atoms with Crippen molar-refractivity contribution in [2.45, 2.75) is 12.5 Å². The Kier molecular flexibility index (Phi) is 6.24. The fraction of sp³-hybridized carbons (Fsp3) is 0.138. The molecule has 0 saturated carbocycles. The molecule has 1 aliphatic rings. The van der Waals surface area contributed by atoms with Crippen LogP contribution in [0.25, 0.3) is 22.2 Å². The Balaban J connectivity index is 1.51. The van der Waals surface area contributed by atoms with E-state index in [-0.39, 0.29) is 6.04 Å². The molecule has 2 aromatic heterocycles. The van der Waals surface area contributed by atoms with Crippen LogP contribution < -0.4 is 14.5 Å². The first kappa shape index (κ1) is 23.5. The van der Waals surface area contributed by atoms with Crippen LogP contribution in [0.4, 0.5) is 5.95 Å². The summed E-state index contributed by atoms with van der Waals surface area (Å²) in [5.74, 6) is 1.89. The summed E-state index contributed by atoms with van der Waals surface area (Å²) in [5, 5.41) is 10.6. The number of hydrogen-bond acceptors (Lipinski definition) is 7. The van der Waals surface area contributed by atoms with E-state index in [0.717, 1.165) is 33.4 Å². The standard InChI is InChI=1S/C29H23ClN4O2S/c1-35-25-13-10-19(15-26(25)36-2)23-17-24(27-9-6-14-37-27)34(33-23)29-31-22-12-11-20(30)16-21(22)28(32-29)18-7-4-3-5-8-18/h3-16,24H,17H2,1-2H3. The van der Waals surface area contributed by atoms with E-state index in [1.54, 1.807) is 25.6 Å². The summed E-state index contributed by atoms with van der Waals surface area (Å²) >= 11 is 8.07. The van der Waals surface area contributed by atoms with Gasteiger partial charge in [0.25, 0.3) is 0 Å². The summed E-state index contributed by atoms with van der Waals surface area (Å²) in [6, 6.07) is 25.8. The lowest BCUT2D eigenvalue weighted by Gasteiger charge is -2.21. The summed E-state index contributed by atoms with van der Waals surface area (Å²) in [6.07, 6.45) is 0.707. The average Bonchev–Trinajstić information content (AvgIpc) is 3.63. The predicted molar refractivity (Wildman–Crippen MR) is 150 cm³/mol. The summed E-state index contributed by atoms with van der Waals surface area (Å²) in [6.45, 7) is 0. The van der Waals surface area contributed by atoms with E-state index in [4.69, 9.17) is 36.1 Å². The van der Waals surface area contributed by atoms with Crippen molar-refractivity contribution in [2.24, 2.45) is 5.10 Å². The minimum absolute atomic E-state index is 0.0310. The van der Waals surface area contributed by atoms with Crippen molar-refractivity contribution < 1.29 is 9.47 Å². The Bertz CT molecular complexity index is 1610. The largest absolute Gasteiger partial charge is 0.493 e. The third-order valence-corrected chi connectivity index (χ3v) is 7.61. The van der Waals surface area contributed by atoms with Gasteiger partial charge in [0.15, 0.2) is 11.5 Å². The normalized spacial score (nSPS) is 15.2. The third-order valence-electron chi connectivity index (χ3n) is 6.40. The number of hydrazone groups is 1. The fourth-order valence-corrected chi connectivity index (χ4v) is 5.58. The molecule has 3 aromatic carbocycles. The monoisotopic (exact) mass is 526 g/mol. The first-order chi connectivity index (χ1) is 18.1. The van der Waals surface area contributed by atoms with Crippen molar-refractivity contribution in [3.8, 4) is 22.8 Å². The van der Waals surface area contributed by atoms with Gasteiger partial charge in [0.1, 0.15) is 0 Å². The molecule has 37 heavy (non-hydrogen) atoms. The van der Waals surface area contributed by atoms with E-state index in [1.807, 2.05) is 71.7 Å². The van der Waals surface area contributed by atoms with Crippen molar-refractivity contribution in [1.29, 1.82) is 0 Å². The quantitative estimate of drug-likeness (QED) is 0.231. The Morgan fingerprint density at radius 1 is 0.865 bits per heavy atom. The van der Waals surface area contributed by atoms with Gasteiger partial charge in [-0.25, -0.2) is 15.0 Å². The Labute approximate surface area is 223 Å². The molecular weight excluding hydrogens is 504 g/mol. The molecule has 0 fully saturated rings. The molecule has 0 amide bonds. The van der Waals surface area contributed by atoms with Gasteiger partial charge < -0.3 is 9.47 Å². The highest BCUT2D eigenvalue weighted by Gasteiger charge is 2.33. The fourth-order valence-electron chi connectivity index (χ4n) is 4.59. The molecule has 6 nitrogen and oxygen atoms in total. The van der Waals surface area contributed by atoms with Crippen molar-refractivity contribution in [3.05, 3.63) is 99.7 Å². The van der Waals surface area contributed by atoms with Crippen LogP contribution >= 0.6 is 22.9 Å². The lowest BCUT2D eigenvalue weighted by Crippen LogP contribution is -2.20. The first-order valence-electron chi connectivity index (χ1n) is 11.8. The molecule has 0 bridgehead atoms. The van der Waals surface area contributed by atoms with Crippen molar-refractivity contribution in [2.75, 3.05) is 19.2 Å². The van der Waals surface area contributed by atoms with Gasteiger partial charge in [0.05, 0.1) is 37.2 Å². The summed E-state index contributed by atoms with van der Waals surface area (Å²) in [7, 11) is 3.27. The molecule has 1 unspecified atom stereocenters. The van der Waals surface area contributed by atoms with Crippen LogP contribution in [0.5, 0.6) is 11.5 Å². The topological polar surface area (TPSA) is 59.8 Å². The van der Waals surface area contributed by atoms with E-state index in [2.05, 4.69) is 17.5 Å². The van der Waals surface area contributed by atoms with Crippen LogP contribution in [-0.4, -0.2) is 29.9 Å². The van der Waals surface area contributed by atoms with Crippen molar-refractivity contribution in [3.63, 3.8) is 0 Å². The molecule has 184 valence electrons. The molecule has 0 spiro atoms. The number of halogens is 1. The number of ether oxygens (including phenoxy) is 2. The Morgan fingerprint density at radius 3 is 2.46 bits per heavy atom. The molecule has 0 saturated heterocycles. The molecule has 1 atom stereocenters. The zero-order valence-electron chi connectivity index (χ0n) is 20.3. The second-order valence-electron chi connectivity index (χ2n) is 8.60. The van der Waals surface area contributed by atoms with E-state index in [1.165, 1.54) is 4.88 Å². The highest BCUT2D eigenvalue weighted by atomic mass is 35.5. The van der Waals surface area contributed by atoms with E-state index >= 15 is 0 Å². The lowest BCUT2D eigenvalue weighted by atomic mass is 10.0. The Hall–Kier alpha value is -3.94. The first-order valence-corrected chi connectivity index (χ1v) is 13.1. The van der Waals surface area contributed by atoms with E-state index in [9.17, 15) is 0 Å². The van der Waals surface area contributed by atoms with Crippen LogP contribution in [0.3, 0.4) is 0 Å². The van der Waals surface area contributed by atoms with Crippen molar-refractivity contribution in [1.82, 2.24) is 9.97 Å². The second kappa shape index (κ2) is 9.84. The van der Waals surface area contributed by atoms with Gasteiger partial charge in [-0.3, -0.25) is 0 Å². The number of nitrogens with zero attached hydrogens (tertiary/aromatic N) is 4. The second-order valence-corrected chi connectivity index (χ2v) is 10.0. The number of fused-ring (bicyclic) bond motifs is 1. The van der Waals surface area contributed by atoms with E-state index < -0.39 is 0 Å². The van der Waals surface area contributed by atoms with Crippen LogP contribution in [-0.2, 0) is 0 Å². The van der Waals surface area contributed by atoms with Crippen LogP contribution in [0.2, 0.25) is 5.02 Å². The Morgan fingerprint density at radius 2 is 1.70 bits per heavy atom. The van der Waals surface area contributed by atoms with Crippen LogP contribution in [0.1, 0.15) is 22.9 Å². The van der Waals surface area contributed by atoms with Crippen molar-refractivity contribution >= 4 is 45.5 Å². The number of hydrogen-bond donors (Lipinski definition) is 0. The zero-order valence-corrected chi connectivity index (χ0v) is 21.8. The minimum atomic E-state index is -0.0310. The molecule has 0 N–H and O–H groups in total. The summed E-state index contributed by atoms with van der Waals surface area (Å²) < 4.78 is 11.0. The van der Waals surface area contributed by atoms with Gasteiger partial charge in [0, 0.05) is 32.8 Å². The molecule has 8 heteroatoms. The molecule has 0 aliphatic carbocycles. The van der Waals surface area contributed by atoms with Gasteiger partial charge in [-0.05, 0) is 47.8 Å². The molecule has 1 aliphatic heterocycles. The zero-order chi connectivity index (χ0) is 25.4. The van der Waals surface area contributed by atoms with Gasteiger partial charge >= 0.3 is 0 Å². The smallest absolute Gasteiger partial charge is 0.247 e. The van der Waals surface area contributed by atoms with Crippen LogP contribution in [0.15, 0.2) is 89.3 Å². The molecule has 6 rings (SSSR count). The number of aromatic nitrogens is 2. The average molecular weight is 527 g/mol. The lowest BCUT2D eigenvalue weighted by molar-refractivity contribution is 0.355. The maximum atomic E-state index is 6.36. The highest BCUT2D eigenvalue weighted by Crippen LogP contribution is 2.40. The SMILES string of the molecule is COc1ccc(C2=NN(c3nc(-c4ccccc4)c4cc(Cl)ccc4n3)C(c3cccs3)C2)cc1OC. The minimum Gasteiger partial charge on any atom is -0.493 e. The van der Waals surface area contributed by atoms with Gasteiger partial charge in [-0.2, -0.15) is 5.10 Å². The van der Waals surface area contributed by atoms with Crippen LogP contribution in [0, 0.1) is 0 Å². The molecule has 5 aromatic rings. The number of methoxy groups -OCH3 is 2. The summed E-state index contributed by atoms with van der Waals surface area (Å²) in [5.41, 5.74) is 4.53. The maximum absolute atomic E-state index is 6.36. The molecular formula is C29H23ClN4O2S. The predicted octanol–water partition coefficient (Wildman–Crippen LogP) is 7.38. The number of thiophene rings is 1.